The third-order valence-electron chi connectivity index (χ3n) is 2.78. The maximum absolute atomic E-state index is 9.67. The molecule has 0 aliphatic carbocycles. The monoisotopic (exact) mass is 296 g/mol. The number of para-hydroxylation sites is 1. The number of benzene rings is 2. The Labute approximate surface area is 122 Å². The van der Waals surface area contributed by atoms with Gasteiger partial charge in [0.25, 0.3) is 0 Å². The van der Waals surface area contributed by atoms with Crippen LogP contribution in [0.15, 0.2) is 42.5 Å². The second kappa shape index (κ2) is 6.29. The van der Waals surface area contributed by atoms with Gasteiger partial charge in [0.1, 0.15) is 12.4 Å². The molecule has 0 spiro atoms. The molecule has 0 saturated heterocycles. The second-order valence-electron chi connectivity index (χ2n) is 4.22. The van der Waals surface area contributed by atoms with Gasteiger partial charge in [0, 0.05) is 11.1 Å². The Bertz CT molecular complexity index is 568. The Morgan fingerprint density at radius 3 is 2.58 bits per heavy atom. The van der Waals surface area contributed by atoms with Crippen LogP contribution in [0.5, 0.6) is 5.75 Å². The highest BCUT2D eigenvalue weighted by molar-refractivity contribution is 6.42. The lowest BCUT2D eigenvalue weighted by atomic mass is 10.1. The first kappa shape index (κ1) is 14.2. The van der Waals surface area contributed by atoms with Crippen molar-refractivity contribution >= 4 is 23.2 Å². The van der Waals surface area contributed by atoms with Crippen molar-refractivity contribution in [1.29, 1.82) is 0 Å². The number of hydrogen-bond donors (Lipinski definition) is 1. The van der Waals surface area contributed by atoms with Crippen molar-refractivity contribution in [3.8, 4) is 5.75 Å². The molecule has 0 aliphatic heterocycles. The summed E-state index contributed by atoms with van der Waals surface area (Å²) < 4.78 is 5.72. The van der Waals surface area contributed by atoms with Crippen LogP contribution in [-0.2, 0) is 6.61 Å². The maximum atomic E-state index is 9.67. The Balaban J connectivity index is 2.17. The average molecular weight is 297 g/mol. The standard InChI is InChI=1S/C15H14Cl2O2/c1-10(18)12-6-2-3-8-14(12)19-9-11-5-4-7-13(16)15(11)17/h2-8,10,18H,9H2,1H3/t10-/m0/s1. The number of hydrogen-bond acceptors (Lipinski definition) is 2. The minimum absolute atomic E-state index is 0.309. The molecule has 0 aromatic heterocycles. The number of ether oxygens (including phenoxy) is 1. The molecule has 100 valence electrons. The van der Waals surface area contributed by atoms with E-state index in [-0.39, 0.29) is 0 Å². The van der Waals surface area contributed by atoms with Gasteiger partial charge in [0.05, 0.1) is 16.1 Å². The molecule has 0 radical (unpaired) electrons. The van der Waals surface area contributed by atoms with Gasteiger partial charge in [-0.1, -0.05) is 53.5 Å². The van der Waals surface area contributed by atoms with Gasteiger partial charge in [-0.25, -0.2) is 0 Å². The van der Waals surface area contributed by atoms with E-state index < -0.39 is 6.10 Å². The predicted octanol–water partition coefficient (Wildman–Crippen LogP) is 4.63. The third-order valence-corrected chi connectivity index (χ3v) is 3.64. The van der Waals surface area contributed by atoms with Crippen molar-refractivity contribution in [3.05, 3.63) is 63.6 Å². The summed E-state index contributed by atoms with van der Waals surface area (Å²) in [6.45, 7) is 2.01. The summed E-state index contributed by atoms with van der Waals surface area (Å²) in [4.78, 5) is 0. The van der Waals surface area contributed by atoms with E-state index in [1.807, 2.05) is 36.4 Å². The SMILES string of the molecule is C[C@H](O)c1ccccc1OCc1cccc(Cl)c1Cl. The highest BCUT2D eigenvalue weighted by atomic mass is 35.5. The van der Waals surface area contributed by atoms with Crippen molar-refractivity contribution in [1.82, 2.24) is 0 Å². The normalized spacial score (nSPS) is 12.2. The lowest BCUT2D eigenvalue weighted by molar-refractivity contribution is 0.190. The predicted molar refractivity (Wildman–Crippen MR) is 77.9 cm³/mol. The number of aliphatic hydroxyl groups is 1. The van der Waals surface area contributed by atoms with Crippen molar-refractivity contribution in [2.75, 3.05) is 0 Å². The molecule has 0 bridgehead atoms. The van der Waals surface area contributed by atoms with Gasteiger partial charge in [0.15, 0.2) is 0 Å². The first-order chi connectivity index (χ1) is 9.09. The molecule has 1 atom stereocenters. The quantitative estimate of drug-likeness (QED) is 0.891. The molecule has 0 amide bonds. The van der Waals surface area contributed by atoms with E-state index in [1.165, 1.54) is 0 Å². The van der Waals surface area contributed by atoms with Crippen LogP contribution in [0.3, 0.4) is 0 Å². The molecule has 0 heterocycles. The number of rotatable bonds is 4. The largest absolute Gasteiger partial charge is 0.488 e. The maximum Gasteiger partial charge on any atom is 0.125 e. The van der Waals surface area contributed by atoms with Crippen LogP contribution in [-0.4, -0.2) is 5.11 Å². The topological polar surface area (TPSA) is 29.5 Å². The first-order valence-electron chi connectivity index (χ1n) is 5.92. The summed E-state index contributed by atoms with van der Waals surface area (Å²) in [6, 6.07) is 12.8. The Morgan fingerprint density at radius 1 is 1.11 bits per heavy atom. The van der Waals surface area contributed by atoms with E-state index in [9.17, 15) is 5.11 Å². The van der Waals surface area contributed by atoms with Gasteiger partial charge in [-0.15, -0.1) is 0 Å². The summed E-state index contributed by atoms with van der Waals surface area (Å²) in [5.74, 6) is 0.647. The van der Waals surface area contributed by atoms with E-state index in [1.54, 1.807) is 13.0 Å². The summed E-state index contributed by atoms with van der Waals surface area (Å²) in [6.07, 6.45) is -0.578. The molecule has 1 N–H and O–H groups in total. The van der Waals surface area contributed by atoms with Gasteiger partial charge in [-0.2, -0.15) is 0 Å². The fourth-order valence-corrected chi connectivity index (χ4v) is 2.15. The van der Waals surface area contributed by atoms with E-state index >= 15 is 0 Å². The van der Waals surface area contributed by atoms with Gasteiger partial charge >= 0.3 is 0 Å². The average Bonchev–Trinajstić information content (AvgIpc) is 2.40. The highest BCUT2D eigenvalue weighted by Crippen LogP contribution is 2.29. The summed E-state index contributed by atoms with van der Waals surface area (Å²) in [5.41, 5.74) is 1.57. The van der Waals surface area contributed by atoms with Gasteiger partial charge in [-0.05, 0) is 19.1 Å². The zero-order chi connectivity index (χ0) is 13.8. The second-order valence-corrected chi connectivity index (χ2v) is 5.00. The Morgan fingerprint density at radius 2 is 1.84 bits per heavy atom. The molecular weight excluding hydrogens is 283 g/mol. The lowest BCUT2D eigenvalue weighted by Gasteiger charge is -2.14. The molecular formula is C15H14Cl2O2. The van der Waals surface area contributed by atoms with Crippen LogP contribution in [0.2, 0.25) is 10.0 Å². The van der Waals surface area contributed by atoms with Crippen molar-refractivity contribution in [2.24, 2.45) is 0 Å². The minimum Gasteiger partial charge on any atom is -0.488 e. The van der Waals surface area contributed by atoms with E-state index in [0.29, 0.717) is 22.4 Å². The Kier molecular flexibility index (Phi) is 4.70. The van der Waals surface area contributed by atoms with Crippen LogP contribution in [0.1, 0.15) is 24.2 Å². The molecule has 2 rings (SSSR count). The molecule has 0 unspecified atom stereocenters. The number of halogens is 2. The van der Waals surface area contributed by atoms with Crippen LogP contribution in [0.25, 0.3) is 0 Å². The fourth-order valence-electron chi connectivity index (χ4n) is 1.77. The summed E-state index contributed by atoms with van der Waals surface area (Å²) in [5, 5.41) is 10.7. The molecule has 2 nitrogen and oxygen atoms in total. The molecule has 0 saturated carbocycles. The molecule has 2 aromatic rings. The minimum atomic E-state index is -0.578. The first-order valence-corrected chi connectivity index (χ1v) is 6.68. The zero-order valence-corrected chi connectivity index (χ0v) is 11.9. The molecule has 2 aromatic carbocycles. The van der Waals surface area contributed by atoms with Crippen molar-refractivity contribution in [2.45, 2.75) is 19.6 Å². The smallest absolute Gasteiger partial charge is 0.125 e. The van der Waals surface area contributed by atoms with Crippen LogP contribution < -0.4 is 4.74 Å². The third kappa shape index (κ3) is 3.41. The van der Waals surface area contributed by atoms with Gasteiger partial charge < -0.3 is 9.84 Å². The number of aliphatic hydroxyl groups excluding tert-OH is 1. The molecule has 19 heavy (non-hydrogen) atoms. The van der Waals surface area contributed by atoms with E-state index in [2.05, 4.69) is 0 Å². The van der Waals surface area contributed by atoms with Crippen LogP contribution in [0.4, 0.5) is 0 Å². The summed E-state index contributed by atoms with van der Waals surface area (Å²) >= 11 is 12.1. The fraction of sp³-hybridized carbons (Fsp3) is 0.200. The van der Waals surface area contributed by atoms with Crippen LogP contribution >= 0.6 is 23.2 Å². The zero-order valence-electron chi connectivity index (χ0n) is 10.4. The van der Waals surface area contributed by atoms with Crippen LogP contribution in [0, 0.1) is 0 Å². The molecule has 0 fully saturated rings. The highest BCUT2D eigenvalue weighted by Gasteiger charge is 2.10. The van der Waals surface area contributed by atoms with Crippen molar-refractivity contribution in [3.63, 3.8) is 0 Å². The van der Waals surface area contributed by atoms with Gasteiger partial charge in [0.2, 0.25) is 0 Å². The van der Waals surface area contributed by atoms with E-state index in [0.717, 1.165) is 11.1 Å². The summed E-state index contributed by atoms with van der Waals surface area (Å²) in [7, 11) is 0. The molecule has 0 aliphatic rings. The van der Waals surface area contributed by atoms with Gasteiger partial charge in [-0.3, -0.25) is 0 Å². The lowest BCUT2D eigenvalue weighted by Crippen LogP contribution is -2.01. The molecule has 4 heteroatoms. The van der Waals surface area contributed by atoms with E-state index in [4.69, 9.17) is 27.9 Å². The Hall–Kier alpha value is -1.22. The van der Waals surface area contributed by atoms with Crippen molar-refractivity contribution < 1.29 is 9.84 Å².